The highest BCUT2D eigenvalue weighted by Gasteiger charge is 2.42. The highest BCUT2D eigenvalue weighted by atomic mass is 15.4. The van der Waals surface area contributed by atoms with Gasteiger partial charge in [-0.2, -0.15) is 0 Å². The van der Waals surface area contributed by atoms with Crippen LogP contribution in [0.3, 0.4) is 0 Å². The Morgan fingerprint density at radius 1 is 1.16 bits per heavy atom. The van der Waals surface area contributed by atoms with Crippen LogP contribution in [0.4, 0.5) is 0 Å². The lowest BCUT2D eigenvalue weighted by atomic mass is 9.82. The molecule has 1 aromatic carbocycles. The van der Waals surface area contributed by atoms with E-state index in [2.05, 4.69) is 39.3 Å². The van der Waals surface area contributed by atoms with E-state index in [0.29, 0.717) is 6.04 Å². The number of benzene rings is 1. The summed E-state index contributed by atoms with van der Waals surface area (Å²) in [5, 5.41) is 1.47. The van der Waals surface area contributed by atoms with Gasteiger partial charge in [0.05, 0.1) is 17.3 Å². The molecule has 0 amide bonds. The van der Waals surface area contributed by atoms with E-state index in [0.717, 1.165) is 12.5 Å². The molecule has 0 aliphatic carbocycles. The van der Waals surface area contributed by atoms with E-state index in [4.69, 9.17) is 0 Å². The molecule has 0 saturated carbocycles. The van der Waals surface area contributed by atoms with Gasteiger partial charge in [0.25, 0.3) is 0 Å². The largest absolute Gasteiger partial charge is 0.325 e. The number of aromatic nitrogens is 1. The molecule has 5 rings (SSSR count). The Morgan fingerprint density at radius 3 is 3.11 bits per heavy atom. The molecule has 0 spiro atoms. The van der Waals surface area contributed by atoms with Crippen molar-refractivity contribution >= 4 is 10.9 Å². The minimum Gasteiger partial charge on any atom is -0.325 e. The number of nitrogens with one attached hydrogen (secondary N) is 1. The Bertz CT molecular complexity index is 604. The Labute approximate surface area is 113 Å². The summed E-state index contributed by atoms with van der Waals surface area (Å²) in [5.41, 5.74) is 8.22. The molecular weight excluding hydrogens is 234 g/mol. The summed E-state index contributed by atoms with van der Waals surface area (Å²) >= 11 is 0. The van der Waals surface area contributed by atoms with Crippen LogP contribution in [-0.4, -0.2) is 29.2 Å². The lowest BCUT2D eigenvalue weighted by molar-refractivity contribution is 0.0743. The Morgan fingerprint density at radius 2 is 2.11 bits per heavy atom. The maximum Gasteiger partial charge on any atom is 0.0699 e. The molecule has 1 aromatic heterocycles. The minimum atomic E-state index is 0.672. The first-order valence-electron chi connectivity index (χ1n) is 7.53. The van der Waals surface area contributed by atoms with Crippen molar-refractivity contribution in [3.63, 3.8) is 0 Å². The molecule has 0 bridgehead atoms. The SMILES string of the molecule is c1ccc2c(c1)c1c3n2NCC2CCCN(CC1)C32. The summed E-state index contributed by atoms with van der Waals surface area (Å²) in [6.45, 7) is 3.68. The third-order valence-electron chi connectivity index (χ3n) is 5.32. The molecule has 2 unspecified atom stereocenters. The Hall–Kier alpha value is -1.48. The van der Waals surface area contributed by atoms with E-state index in [-0.39, 0.29) is 0 Å². The second kappa shape index (κ2) is 3.54. The van der Waals surface area contributed by atoms with Gasteiger partial charge >= 0.3 is 0 Å². The summed E-state index contributed by atoms with van der Waals surface area (Å²) < 4.78 is 2.39. The Kier molecular flexibility index (Phi) is 1.92. The third kappa shape index (κ3) is 1.22. The van der Waals surface area contributed by atoms with E-state index < -0.39 is 0 Å². The second-order valence-corrected chi connectivity index (χ2v) is 6.21. The Balaban J connectivity index is 1.83. The van der Waals surface area contributed by atoms with E-state index in [1.54, 1.807) is 11.3 Å². The molecule has 2 aromatic rings. The van der Waals surface area contributed by atoms with Crippen LogP contribution in [0.5, 0.6) is 0 Å². The first-order valence-corrected chi connectivity index (χ1v) is 7.53. The summed E-state index contributed by atoms with van der Waals surface area (Å²) in [6, 6.07) is 9.56. The monoisotopic (exact) mass is 253 g/mol. The van der Waals surface area contributed by atoms with Crippen molar-refractivity contribution < 1.29 is 0 Å². The fraction of sp³-hybridized carbons (Fsp3) is 0.500. The highest BCUT2D eigenvalue weighted by Crippen LogP contribution is 2.45. The van der Waals surface area contributed by atoms with E-state index in [1.165, 1.54) is 43.3 Å². The van der Waals surface area contributed by atoms with Crippen LogP contribution in [0, 0.1) is 5.92 Å². The third-order valence-corrected chi connectivity index (χ3v) is 5.32. The van der Waals surface area contributed by atoms with Crippen molar-refractivity contribution in [3.05, 3.63) is 35.5 Å². The molecular formula is C16H19N3. The molecule has 19 heavy (non-hydrogen) atoms. The van der Waals surface area contributed by atoms with Gasteiger partial charge in [-0.15, -0.1) is 0 Å². The molecule has 3 aliphatic heterocycles. The number of nitrogens with zero attached hydrogens (tertiary/aromatic N) is 2. The summed E-state index contributed by atoms with van der Waals surface area (Å²) in [7, 11) is 0. The van der Waals surface area contributed by atoms with Crippen molar-refractivity contribution in [1.29, 1.82) is 0 Å². The first-order chi connectivity index (χ1) is 9.43. The molecule has 0 radical (unpaired) electrons. The maximum absolute atomic E-state index is 3.67. The molecule has 3 heteroatoms. The summed E-state index contributed by atoms with van der Waals surface area (Å²) in [4.78, 5) is 2.73. The van der Waals surface area contributed by atoms with Crippen LogP contribution < -0.4 is 5.43 Å². The van der Waals surface area contributed by atoms with Gasteiger partial charge in [0.1, 0.15) is 0 Å². The zero-order chi connectivity index (χ0) is 12.4. The molecule has 3 nitrogen and oxygen atoms in total. The van der Waals surface area contributed by atoms with Crippen molar-refractivity contribution in [2.24, 2.45) is 5.92 Å². The van der Waals surface area contributed by atoms with Gasteiger partial charge in [-0.05, 0) is 43.4 Å². The van der Waals surface area contributed by atoms with Gasteiger partial charge in [-0.1, -0.05) is 18.2 Å². The second-order valence-electron chi connectivity index (χ2n) is 6.21. The first kappa shape index (κ1) is 10.3. The lowest BCUT2D eigenvalue weighted by Gasteiger charge is -2.47. The van der Waals surface area contributed by atoms with Crippen LogP contribution in [0.25, 0.3) is 10.9 Å². The number of piperidine rings is 1. The van der Waals surface area contributed by atoms with Gasteiger partial charge < -0.3 is 5.43 Å². The summed E-state index contributed by atoms with van der Waals surface area (Å²) in [5.74, 6) is 0.810. The van der Waals surface area contributed by atoms with Crippen molar-refractivity contribution in [2.45, 2.75) is 25.3 Å². The normalized spacial score (nSPS) is 29.1. The van der Waals surface area contributed by atoms with Crippen LogP contribution >= 0.6 is 0 Å². The fourth-order valence-electron chi connectivity index (χ4n) is 4.55. The van der Waals surface area contributed by atoms with Gasteiger partial charge in [0, 0.05) is 18.5 Å². The molecule has 2 atom stereocenters. The number of rotatable bonds is 0. The zero-order valence-corrected chi connectivity index (χ0v) is 11.1. The number of para-hydroxylation sites is 1. The van der Waals surface area contributed by atoms with Gasteiger partial charge in [-0.25, -0.2) is 0 Å². The lowest BCUT2D eigenvalue weighted by Crippen LogP contribution is -2.49. The molecule has 1 saturated heterocycles. The van der Waals surface area contributed by atoms with Crippen LogP contribution in [0.1, 0.15) is 30.1 Å². The number of fused-ring (bicyclic) bond motifs is 3. The van der Waals surface area contributed by atoms with Crippen molar-refractivity contribution in [2.75, 3.05) is 25.1 Å². The topological polar surface area (TPSA) is 20.2 Å². The van der Waals surface area contributed by atoms with E-state index >= 15 is 0 Å². The average molecular weight is 253 g/mol. The molecule has 4 heterocycles. The van der Waals surface area contributed by atoms with Gasteiger partial charge in [-0.3, -0.25) is 9.58 Å². The molecule has 3 aliphatic rings. The summed E-state index contributed by atoms with van der Waals surface area (Å²) in [6.07, 6.45) is 3.97. The molecule has 98 valence electrons. The number of hydrogen-bond donors (Lipinski definition) is 1. The van der Waals surface area contributed by atoms with Gasteiger partial charge in [0.2, 0.25) is 0 Å². The predicted octanol–water partition coefficient (Wildman–Crippen LogP) is 2.51. The van der Waals surface area contributed by atoms with Crippen LogP contribution in [-0.2, 0) is 6.42 Å². The zero-order valence-electron chi connectivity index (χ0n) is 11.1. The van der Waals surface area contributed by atoms with E-state index in [9.17, 15) is 0 Å². The quantitative estimate of drug-likeness (QED) is 0.778. The smallest absolute Gasteiger partial charge is 0.0699 e. The van der Waals surface area contributed by atoms with Crippen molar-refractivity contribution in [1.82, 2.24) is 9.58 Å². The van der Waals surface area contributed by atoms with Crippen molar-refractivity contribution in [3.8, 4) is 0 Å². The van der Waals surface area contributed by atoms with E-state index in [1.807, 2.05) is 0 Å². The predicted molar refractivity (Wildman–Crippen MR) is 76.9 cm³/mol. The van der Waals surface area contributed by atoms with Crippen LogP contribution in [0.2, 0.25) is 0 Å². The minimum absolute atomic E-state index is 0.672. The average Bonchev–Trinajstić information content (AvgIpc) is 2.81. The number of hydrogen-bond acceptors (Lipinski definition) is 2. The maximum atomic E-state index is 3.67. The molecule has 1 fully saturated rings. The molecule has 1 N–H and O–H groups in total. The fourth-order valence-corrected chi connectivity index (χ4v) is 4.55. The van der Waals surface area contributed by atoms with Crippen LogP contribution in [0.15, 0.2) is 24.3 Å². The highest BCUT2D eigenvalue weighted by molar-refractivity contribution is 5.86. The van der Waals surface area contributed by atoms with Gasteiger partial charge in [0.15, 0.2) is 0 Å². The standard InChI is InChI=1S/C16H19N3/c1-2-6-14-12(5-1)13-7-9-18-8-3-4-11-10-17-19(14)16(13)15(11)18/h1-2,5-6,11,15,17H,3-4,7-10H2.